The van der Waals surface area contributed by atoms with Crippen molar-refractivity contribution in [2.45, 2.75) is 50.4 Å². The van der Waals surface area contributed by atoms with E-state index < -0.39 is 6.09 Å². The first-order valence-corrected chi connectivity index (χ1v) is 11.4. The van der Waals surface area contributed by atoms with Crippen molar-refractivity contribution in [3.8, 4) is 0 Å². The standard InChI is InChI=1S/C24H31N3O4/c1-2-7-31-23(28)26-22(25-20-5-3-19(4-6-20)21-29-8-9-30-21)27-24-13-16-10-17(14-24)12-18(11-16)15-24/h2-6,16-18,21H,1,7-15H2,(H2,25,26,27,28). The lowest BCUT2D eigenvalue weighted by Crippen LogP contribution is -2.51. The van der Waals surface area contributed by atoms with Gasteiger partial charge in [-0.05, 0) is 68.4 Å². The number of rotatable bonds is 5. The minimum atomic E-state index is -0.528. The molecular weight excluding hydrogens is 394 g/mol. The van der Waals surface area contributed by atoms with Crippen LogP contribution < -0.4 is 10.6 Å². The summed E-state index contributed by atoms with van der Waals surface area (Å²) in [6.45, 7) is 4.98. The third kappa shape index (κ3) is 4.62. The van der Waals surface area contributed by atoms with Crippen LogP contribution in [0.5, 0.6) is 0 Å². The van der Waals surface area contributed by atoms with Crippen LogP contribution >= 0.6 is 0 Å². The van der Waals surface area contributed by atoms with Crippen LogP contribution in [-0.4, -0.2) is 37.4 Å². The molecule has 4 saturated carbocycles. The maximum absolute atomic E-state index is 12.3. The molecule has 0 unspecified atom stereocenters. The summed E-state index contributed by atoms with van der Waals surface area (Å²) in [7, 11) is 0. The van der Waals surface area contributed by atoms with Gasteiger partial charge in [-0.15, -0.1) is 0 Å². The van der Waals surface area contributed by atoms with Gasteiger partial charge >= 0.3 is 6.09 Å². The third-order valence-corrected chi connectivity index (χ3v) is 6.98. The van der Waals surface area contributed by atoms with Crippen molar-refractivity contribution in [2.75, 3.05) is 25.1 Å². The second kappa shape index (κ2) is 8.63. The van der Waals surface area contributed by atoms with Crippen molar-refractivity contribution in [1.82, 2.24) is 5.32 Å². The Labute approximate surface area is 183 Å². The minimum Gasteiger partial charge on any atom is -0.445 e. The van der Waals surface area contributed by atoms with Gasteiger partial charge in [0, 0.05) is 11.3 Å². The fraction of sp³-hybridized carbons (Fsp3) is 0.583. The average Bonchev–Trinajstić information content (AvgIpc) is 3.26. The molecule has 31 heavy (non-hydrogen) atoms. The maximum atomic E-state index is 12.3. The van der Waals surface area contributed by atoms with E-state index in [0.29, 0.717) is 19.2 Å². The summed E-state index contributed by atoms with van der Waals surface area (Å²) in [5.74, 6) is 2.77. The Bertz CT molecular complexity index is 810. The van der Waals surface area contributed by atoms with Crippen LogP contribution in [0.3, 0.4) is 0 Å². The van der Waals surface area contributed by atoms with Crippen molar-refractivity contribution >= 4 is 17.7 Å². The van der Waals surface area contributed by atoms with Gasteiger partial charge in [0.15, 0.2) is 6.29 Å². The third-order valence-electron chi connectivity index (χ3n) is 6.98. The van der Waals surface area contributed by atoms with Gasteiger partial charge in [-0.1, -0.05) is 24.8 Å². The van der Waals surface area contributed by atoms with Crippen molar-refractivity contribution in [3.63, 3.8) is 0 Å². The highest BCUT2D eigenvalue weighted by Gasteiger charge is 2.51. The molecule has 4 aliphatic carbocycles. The van der Waals surface area contributed by atoms with Crippen molar-refractivity contribution in [2.24, 2.45) is 22.7 Å². The van der Waals surface area contributed by atoms with E-state index in [4.69, 9.17) is 19.2 Å². The molecule has 1 amide bonds. The zero-order valence-electron chi connectivity index (χ0n) is 17.8. The van der Waals surface area contributed by atoms with E-state index in [0.717, 1.165) is 48.3 Å². The van der Waals surface area contributed by atoms with Crippen molar-refractivity contribution in [1.29, 1.82) is 0 Å². The second-order valence-electron chi connectivity index (χ2n) is 9.43. The molecular formula is C24H31N3O4. The molecule has 1 aromatic carbocycles. The van der Waals surface area contributed by atoms with E-state index in [1.807, 2.05) is 24.3 Å². The number of hydrogen-bond donors (Lipinski definition) is 2. The van der Waals surface area contributed by atoms with Crippen LogP contribution in [0.15, 0.2) is 41.9 Å². The molecule has 1 aromatic rings. The number of benzene rings is 1. The summed E-state index contributed by atoms with van der Waals surface area (Å²) >= 11 is 0. The van der Waals surface area contributed by atoms with Crippen molar-refractivity contribution < 1.29 is 19.0 Å². The molecule has 0 aromatic heterocycles. The summed E-state index contributed by atoms with van der Waals surface area (Å²) in [6.07, 6.45) is 8.10. The van der Waals surface area contributed by atoms with Crippen LogP contribution in [0, 0.1) is 17.8 Å². The smallest absolute Gasteiger partial charge is 0.414 e. The first-order chi connectivity index (χ1) is 15.1. The molecule has 4 bridgehead atoms. The molecule has 166 valence electrons. The Kier molecular flexibility index (Phi) is 5.71. The topological polar surface area (TPSA) is 81.2 Å². The van der Waals surface area contributed by atoms with Crippen molar-refractivity contribution in [3.05, 3.63) is 42.5 Å². The predicted octanol–water partition coefficient (Wildman–Crippen LogP) is 4.38. The molecule has 6 rings (SSSR count). The molecule has 0 radical (unpaired) electrons. The fourth-order valence-corrected chi connectivity index (χ4v) is 6.20. The molecule has 0 atom stereocenters. The van der Waals surface area contributed by atoms with Crippen LogP contribution in [0.1, 0.15) is 50.4 Å². The number of carbonyl (C=O) groups excluding carboxylic acids is 1. The Hall–Kier alpha value is -2.38. The number of aliphatic imine (C=N–C) groups is 1. The molecule has 2 N–H and O–H groups in total. The number of nitrogens with zero attached hydrogens (tertiary/aromatic N) is 1. The van der Waals surface area contributed by atoms with E-state index in [1.165, 1.54) is 19.3 Å². The lowest BCUT2D eigenvalue weighted by Gasteiger charge is -2.55. The van der Waals surface area contributed by atoms with Gasteiger partial charge in [0.05, 0.1) is 18.8 Å². The van der Waals surface area contributed by atoms with Gasteiger partial charge in [-0.3, -0.25) is 5.32 Å². The van der Waals surface area contributed by atoms with Crippen LogP contribution in [0.4, 0.5) is 10.5 Å². The van der Waals surface area contributed by atoms with Gasteiger partial charge in [0.25, 0.3) is 0 Å². The number of guanidine groups is 1. The van der Waals surface area contributed by atoms with Gasteiger partial charge in [-0.25, -0.2) is 9.79 Å². The Morgan fingerprint density at radius 1 is 1.10 bits per heavy atom. The van der Waals surface area contributed by atoms with E-state index in [-0.39, 0.29) is 18.4 Å². The lowest BCUT2D eigenvalue weighted by molar-refractivity contribution is -0.0441. The van der Waals surface area contributed by atoms with Gasteiger partial charge < -0.3 is 19.5 Å². The summed E-state index contributed by atoms with van der Waals surface area (Å²) in [4.78, 5) is 17.4. The van der Waals surface area contributed by atoms with E-state index in [1.54, 1.807) is 6.08 Å². The molecule has 7 nitrogen and oxygen atoms in total. The largest absolute Gasteiger partial charge is 0.445 e. The average molecular weight is 426 g/mol. The maximum Gasteiger partial charge on any atom is 0.414 e. The normalized spacial score (nSPS) is 32.1. The van der Waals surface area contributed by atoms with Crippen LogP contribution in [-0.2, 0) is 14.2 Å². The highest BCUT2D eigenvalue weighted by molar-refractivity contribution is 6.02. The first kappa shape index (κ1) is 20.5. The number of nitrogens with one attached hydrogen (secondary N) is 2. The number of hydrogen-bond acceptors (Lipinski definition) is 5. The summed E-state index contributed by atoms with van der Waals surface area (Å²) < 4.78 is 16.3. The van der Waals surface area contributed by atoms with Gasteiger partial charge in [-0.2, -0.15) is 0 Å². The number of ether oxygens (including phenoxy) is 3. The lowest BCUT2D eigenvalue weighted by atomic mass is 9.53. The second-order valence-corrected chi connectivity index (χ2v) is 9.43. The molecule has 1 aliphatic heterocycles. The fourth-order valence-electron chi connectivity index (χ4n) is 6.20. The van der Waals surface area contributed by atoms with Gasteiger partial charge in [0.2, 0.25) is 5.96 Å². The number of alkyl carbamates (subject to hydrolysis) is 1. The number of amides is 1. The highest BCUT2D eigenvalue weighted by Crippen LogP contribution is 2.57. The monoisotopic (exact) mass is 425 g/mol. The van der Waals surface area contributed by atoms with Gasteiger partial charge in [0.1, 0.15) is 6.61 Å². The summed E-state index contributed by atoms with van der Waals surface area (Å²) in [5.41, 5.74) is 1.74. The number of carbonyl (C=O) groups is 1. The van der Waals surface area contributed by atoms with Crippen LogP contribution in [0.25, 0.3) is 0 Å². The zero-order valence-corrected chi connectivity index (χ0v) is 17.8. The Morgan fingerprint density at radius 2 is 1.71 bits per heavy atom. The number of anilines is 1. The van der Waals surface area contributed by atoms with E-state index >= 15 is 0 Å². The quantitative estimate of drug-likeness (QED) is 0.416. The predicted molar refractivity (Wildman–Crippen MR) is 118 cm³/mol. The summed E-state index contributed by atoms with van der Waals surface area (Å²) in [5, 5.41) is 6.14. The molecule has 1 saturated heterocycles. The Morgan fingerprint density at radius 3 is 2.29 bits per heavy atom. The van der Waals surface area contributed by atoms with E-state index in [9.17, 15) is 4.79 Å². The minimum absolute atomic E-state index is 0.0751. The SMILES string of the molecule is C=CCOC(=O)N/C(=N\C12CC3CC(CC(C3)C1)C2)Nc1ccc(C2OCCO2)cc1. The van der Waals surface area contributed by atoms with Crippen LogP contribution in [0.2, 0.25) is 0 Å². The highest BCUT2D eigenvalue weighted by atomic mass is 16.7. The van der Waals surface area contributed by atoms with E-state index in [2.05, 4.69) is 17.2 Å². The molecule has 0 spiro atoms. The molecule has 5 fully saturated rings. The molecule has 5 aliphatic rings. The first-order valence-electron chi connectivity index (χ1n) is 11.4. The Balaban J connectivity index is 1.35. The summed E-state index contributed by atoms with van der Waals surface area (Å²) in [6, 6.07) is 7.84. The molecule has 7 heteroatoms. The molecule has 1 heterocycles. The zero-order chi connectivity index (χ0) is 21.3.